The maximum absolute atomic E-state index is 14.1. The minimum absolute atomic E-state index is 0.0951. The van der Waals surface area contributed by atoms with Gasteiger partial charge >= 0.3 is 6.09 Å². The van der Waals surface area contributed by atoms with Crippen LogP contribution in [-0.4, -0.2) is 84.2 Å². The molecule has 2 aliphatic heterocycles. The molecular formula is C34H47N5O7Si. The van der Waals surface area contributed by atoms with E-state index in [0.29, 0.717) is 89.4 Å². The van der Waals surface area contributed by atoms with E-state index >= 15 is 0 Å². The molecule has 1 atom stereocenters. The molecular weight excluding hydrogens is 618 g/mol. The van der Waals surface area contributed by atoms with Crippen molar-refractivity contribution < 1.29 is 33.3 Å². The minimum atomic E-state index is -1.33. The molecule has 1 N–H and O–H groups in total. The van der Waals surface area contributed by atoms with Crippen LogP contribution in [0, 0.1) is 12.8 Å². The van der Waals surface area contributed by atoms with E-state index in [-0.39, 0.29) is 31.6 Å². The number of aromatic nitrogens is 3. The predicted octanol–water partition coefficient (Wildman–Crippen LogP) is 5.98. The van der Waals surface area contributed by atoms with Gasteiger partial charge in [-0.15, -0.1) is 0 Å². The number of hydrogen-bond acceptors (Lipinski definition) is 9. The lowest BCUT2D eigenvalue weighted by molar-refractivity contribution is 0.0290. The summed E-state index contributed by atoms with van der Waals surface area (Å²) in [5.41, 5.74) is 2.97. The van der Waals surface area contributed by atoms with Gasteiger partial charge in [-0.05, 0) is 71.1 Å². The number of nitrogens with zero attached hydrogens (tertiary/aromatic N) is 4. The standard InChI is InChI=1S/C34H47N5O7Si/c1-21-26(32(40)37-23-12-13-38(16-23)33(41)46-34(2,3)4)28-30(39(21)19-42-14-15-47(5,6)7)29(36-18-35-28)27-24(43-17-22-8-9-22)10-11-25-31(27)45-20-44-25/h10-11,18,22-23H,8-9,12-17,19-20H2,1-7H3,(H,37,40)/t23-/m1/s1. The average Bonchev–Trinajstić information content (AvgIpc) is 3.36. The molecule has 13 heteroatoms. The fraction of sp³-hybridized carbons (Fsp3) is 0.588. The van der Waals surface area contributed by atoms with Crippen LogP contribution in [0.15, 0.2) is 18.5 Å². The zero-order valence-electron chi connectivity index (χ0n) is 28.6. The Hall–Kier alpha value is -3.84. The Morgan fingerprint density at radius 2 is 1.89 bits per heavy atom. The molecule has 1 saturated heterocycles. The van der Waals surface area contributed by atoms with Crippen molar-refractivity contribution in [2.75, 3.05) is 33.1 Å². The fourth-order valence-electron chi connectivity index (χ4n) is 5.86. The number of nitrogens with one attached hydrogen (secondary N) is 1. The number of hydrogen-bond donors (Lipinski definition) is 1. The number of carbonyl (C=O) groups excluding carboxylic acids is 2. The maximum atomic E-state index is 14.1. The Bertz CT molecular complexity index is 1660. The number of ether oxygens (including phenoxy) is 5. The van der Waals surface area contributed by atoms with Crippen molar-refractivity contribution in [3.8, 4) is 28.5 Å². The Morgan fingerprint density at radius 1 is 1.11 bits per heavy atom. The summed E-state index contributed by atoms with van der Waals surface area (Å²) in [4.78, 5) is 37.8. The second kappa shape index (κ2) is 13.0. The molecule has 47 heavy (non-hydrogen) atoms. The first kappa shape index (κ1) is 33.1. The van der Waals surface area contributed by atoms with Gasteiger partial charge in [-0.3, -0.25) is 4.79 Å². The van der Waals surface area contributed by atoms with Crippen LogP contribution in [0.2, 0.25) is 25.7 Å². The summed E-state index contributed by atoms with van der Waals surface area (Å²) in [6.45, 7) is 16.8. The van der Waals surface area contributed by atoms with Gasteiger partial charge in [0.05, 0.1) is 23.3 Å². The van der Waals surface area contributed by atoms with Gasteiger partial charge in [0.15, 0.2) is 11.5 Å². The summed E-state index contributed by atoms with van der Waals surface area (Å²) in [6.07, 6.45) is 4.03. The van der Waals surface area contributed by atoms with Gasteiger partial charge in [0.2, 0.25) is 6.79 Å². The van der Waals surface area contributed by atoms with Gasteiger partial charge in [-0.1, -0.05) is 19.6 Å². The number of benzene rings is 1. The predicted molar refractivity (Wildman–Crippen MR) is 180 cm³/mol. The van der Waals surface area contributed by atoms with Gasteiger partial charge in [0, 0.05) is 39.5 Å². The fourth-order valence-corrected chi connectivity index (χ4v) is 6.62. The van der Waals surface area contributed by atoms with E-state index in [1.165, 1.54) is 6.33 Å². The van der Waals surface area contributed by atoms with Crippen molar-refractivity contribution in [2.24, 2.45) is 5.92 Å². The summed E-state index contributed by atoms with van der Waals surface area (Å²) in [6, 6.07) is 4.53. The third-order valence-corrected chi connectivity index (χ3v) is 10.3. The molecule has 6 rings (SSSR count). The van der Waals surface area contributed by atoms with Crippen LogP contribution < -0.4 is 19.5 Å². The molecule has 2 aromatic heterocycles. The molecule has 2 fully saturated rings. The Morgan fingerprint density at radius 3 is 2.62 bits per heavy atom. The Kier molecular flexibility index (Phi) is 9.14. The van der Waals surface area contributed by atoms with E-state index < -0.39 is 13.7 Å². The third kappa shape index (κ3) is 7.51. The highest BCUT2D eigenvalue weighted by Crippen LogP contribution is 2.49. The zero-order chi connectivity index (χ0) is 33.5. The first-order valence-corrected chi connectivity index (χ1v) is 20.3. The number of carbonyl (C=O) groups is 2. The molecule has 1 aromatic carbocycles. The van der Waals surface area contributed by atoms with Crippen molar-refractivity contribution in [3.63, 3.8) is 0 Å². The van der Waals surface area contributed by atoms with E-state index in [2.05, 4.69) is 29.9 Å². The molecule has 12 nitrogen and oxygen atoms in total. The van der Waals surface area contributed by atoms with Crippen LogP contribution in [0.1, 0.15) is 56.1 Å². The molecule has 4 heterocycles. The van der Waals surface area contributed by atoms with E-state index in [0.717, 1.165) is 18.9 Å². The van der Waals surface area contributed by atoms with Crippen LogP contribution in [-0.2, 0) is 16.2 Å². The van der Waals surface area contributed by atoms with Crippen LogP contribution in [0.5, 0.6) is 17.2 Å². The number of fused-ring (bicyclic) bond motifs is 2. The van der Waals surface area contributed by atoms with Gasteiger partial charge < -0.3 is 38.5 Å². The second-order valence-corrected chi connectivity index (χ2v) is 20.6. The largest absolute Gasteiger partial charge is 0.492 e. The lowest BCUT2D eigenvalue weighted by Gasteiger charge is -2.24. The van der Waals surface area contributed by atoms with Crippen LogP contribution >= 0.6 is 0 Å². The van der Waals surface area contributed by atoms with Crippen LogP contribution in [0.4, 0.5) is 4.79 Å². The number of rotatable bonds is 11. The van der Waals surface area contributed by atoms with Gasteiger partial charge in [0.25, 0.3) is 5.91 Å². The molecule has 0 unspecified atom stereocenters. The topological polar surface area (TPSA) is 126 Å². The van der Waals surface area contributed by atoms with Crippen LogP contribution in [0.25, 0.3) is 22.3 Å². The summed E-state index contributed by atoms with van der Waals surface area (Å²) < 4.78 is 31.9. The van der Waals surface area contributed by atoms with Gasteiger partial charge in [-0.2, -0.15) is 0 Å². The molecule has 0 bridgehead atoms. The summed E-state index contributed by atoms with van der Waals surface area (Å²) in [5.74, 6) is 2.09. The monoisotopic (exact) mass is 665 g/mol. The van der Waals surface area contributed by atoms with Gasteiger partial charge in [0.1, 0.15) is 35.6 Å². The van der Waals surface area contributed by atoms with Crippen molar-refractivity contribution in [1.82, 2.24) is 24.8 Å². The molecule has 254 valence electrons. The van der Waals surface area contributed by atoms with E-state index in [1.54, 1.807) is 4.90 Å². The molecule has 0 radical (unpaired) electrons. The Balaban J connectivity index is 1.36. The van der Waals surface area contributed by atoms with Gasteiger partial charge in [-0.25, -0.2) is 14.8 Å². The first-order valence-electron chi connectivity index (χ1n) is 16.5. The van der Waals surface area contributed by atoms with Crippen LogP contribution in [0.3, 0.4) is 0 Å². The summed E-state index contributed by atoms with van der Waals surface area (Å²) in [7, 11) is -1.33. The average molecular weight is 666 g/mol. The molecule has 2 amide bonds. The molecule has 0 spiro atoms. The highest BCUT2D eigenvalue weighted by molar-refractivity contribution is 6.76. The smallest absolute Gasteiger partial charge is 0.410 e. The lowest BCUT2D eigenvalue weighted by atomic mass is 10.1. The van der Waals surface area contributed by atoms with Crippen molar-refractivity contribution >= 4 is 31.1 Å². The maximum Gasteiger partial charge on any atom is 0.410 e. The lowest BCUT2D eigenvalue weighted by Crippen LogP contribution is -2.40. The Labute approximate surface area is 277 Å². The summed E-state index contributed by atoms with van der Waals surface area (Å²) in [5, 5.41) is 3.16. The zero-order valence-corrected chi connectivity index (χ0v) is 29.6. The minimum Gasteiger partial charge on any atom is -0.492 e. The summed E-state index contributed by atoms with van der Waals surface area (Å²) >= 11 is 0. The molecule has 1 saturated carbocycles. The third-order valence-electron chi connectivity index (χ3n) is 8.62. The van der Waals surface area contributed by atoms with E-state index in [9.17, 15) is 9.59 Å². The molecule has 3 aliphatic rings. The highest BCUT2D eigenvalue weighted by atomic mass is 28.3. The molecule has 3 aromatic rings. The molecule has 1 aliphatic carbocycles. The normalized spacial score (nSPS) is 17.8. The number of amides is 2. The SMILES string of the molecule is Cc1c(C(=O)N[C@@H]2CCN(C(=O)OC(C)(C)C)C2)c2ncnc(-c3c(OCC4CC4)ccc4c3OCO4)c2n1COCC[Si](C)(C)C. The number of likely N-dealkylation sites (tertiary alicyclic amines) is 1. The van der Waals surface area contributed by atoms with Crippen molar-refractivity contribution in [2.45, 2.75) is 91.0 Å². The van der Waals surface area contributed by atoms with E-state index in [1.807, 2.05) is 44.4 Å². The highest BCUT2D eigenvalue weighted by Gasteiger charge is 2.34. The van der Waals surface area contributed by atoms with Crippen molar-refractivity contribution in [3.05, 3.63) is 29.7 Å². The first-order chi connectivity index (χ1) is 22.3. The quantitative estimate of drug-likeness (QED) is 0.195. The van der Waals surface area contributed by atoms with E-state index in [4.69, 9.17) is 28.7 Å². The second-order valence-electron chi connectivity index (χ2n) is 15.0. The van der Waals surface area contributed by atoms with Crippen molar-refractivity contribution in [1.29, 1.82) is 0 Å².